The molecule has 1 fully saturated rings. The molecule has 0 bridgehead atoms. The number of amides is 1. The Balaban J connectivity index is 2.03. The van der Waals surface area contributed by atoms with Crippen molar-refractivity contribution in [2.24, 2.45) is 0 Å². The van der Waals surface area contributed by atoms with Crippen LogP contribution >= 0.6 is 0 Å². The lowest BCUT2D eigenvalue weighted by Gasteiger charge is -2.28. The first-order valence-electron chi connectivity index (χ1n) is 13.8. The Morgan fingerprint density at radius 2 is 1.58 bits per heavy atom. The van der Waals surface area contributed by atoms with Crippen molar-refractivity contribution in [2.45, 2.75) is 59.9 Å². The Labute approximate surface area is 227 Å². The van der Waals surface area contributed by atoms with E-state index in [0.29, 0.717) is 37.6 Å². The van der Waals surface area contributed by atoms with Crippen molar-refractivity contribution in [3.8, 4) is 11.5 Å². The molecule has 1 saturated heterocycles. The van der Waals surface area contributed by atoms with Gasteiger partial charge in [0.05, 0.1) is 24.8 Å². The van der Waals surface area contributed by atoms with Crippen molar-refractivity contribution in [3.05, 3.63) is 64.7 Å². The molecule has 38 heavy (non-hydrogen) atoms. The van der Waals surface area contributed by atoms with Crippen molar-refractivity contribution in [2.75, 3.05) is 39.4 Å². The summed E-state index contributed by atoms with van der Waals surface area (Å²) < 4.78 is 11.5. The zero-order valence-electron chi connectivity index (χ0n) is 23.5. The Kier molecular flexibility index (Phi) is 10.8. The quantitative estimate of drug-likeness (QED) is 0.148. The molecule has 1 unspecified atom stereocenters. The van der Waals surface area contributed by atoms with Crippen molar-refractivity contribution >= 4 is 17.4 Å². The number of nitrogens with zero attached hydrogens (tertiary/aromatic N) is 2. The molecule has 1 aliphatic heterocycles. The SMILES string of the molecule is CCCCOc1ccc(C(O)=C2C(=O)C(=O)N(CCN(CC)CC)C2c2ccc(OCCC)cc2)c(C)c1. The monoisotopic (exact) mass is 522 g/mol. The van der Waals surface area contributed by atoms with E-state index < -0.39 is 17.7 Å². The Morgan fingerprint density at radius 1 is 0.921 bits per heavy atom. The van der Waals surface area contributed by atoms with Crippen LogP contribution in [-0.2, 0) is 9.59 Å². The number of unbranched alkanes of at least 4 members (excludes halogenated alkanes) is 1. The number of carbonyl (C=O) groups excluding carboxylic acids is 2. The first-order chi connectivity index (χ1) is 18.4. The van der Waals surface area contributed by atoms with Gasteiger partial charge in [-0.15, -0.1) is 0 Å². The maximum atomic E-state index is 13.4. The second-order valence-corrected chi connectivity index (χ2v) is 9.62. The van der Waals surface area contributed by atoms with Crippen molar-refractivity contribution in [1.82, 2.24) is 9.80 Å². The smallest absolute Gasteiger partial charge is 0.295 e. The number of hydrogen-bond donors (Lipinski definition) is 1. The average molecular weight is 523 g/mol. The number of rotatable bonds is 14. The maximum Gasteiger partial charge on any atom is 0.295 e. The molecule has 0 aromatic heterocycles. The number of likely N-dealkylation sites (N-methyl/N-ethyl adjacent to an activating group) is 1. The molecule has 1 aliphatic rings. The number of benzene rings is 2. The van der Waals surface area contributed by atoms with E-state index in [1.807, 2.05) is 44.2 Å². The first-order valence-corrected chi connectivity index (χ1v) is 13.8. The molecule has 2 aromatic carbocycles. The Hall–Kier alpha value is -3.32. The van der Waals surface area contributed by atoms with Gasteiger partial charge in [-0.2, -0.15) is 0 Å². The van der Waals surface area contributed by atoms with Crippen LogP contribution in [0.1, 0.15) is 69.7 Å². The van der Waals surface area contributed by atoms with Crippen LogP contribution in [0.4, 0.5) is 0 Å². The lowest BCUT2D eigenvalue weighted by molar-refractivity contribution is -0.140. The van der Waals surface area contributed by atoms with Gasteiger partial charge in [0.15, 0.2) is 0 Å². The van der Waals surface area contributed by atoms with Crippen molar-refractivity contribution in [1.29, 1.82) is 0 Å². The summed E-state index contributed by atoms with van der Waals surface area (Å²) in [5.41, 5.74) is 2.15. The molecular formula is C31H42N2O5. The van der Waals surface area contributed by atoms with E-state index in [-0.39, 0.29) is 11.3 Å². The van der Waals surface area contributed by atoms with Gasteiger partial charge in [0.1, 0.15) is 17.3 Å². The fourth-order valence-electron chi connectivity index (χ4n) is 4.68. The minimum Gasteiger partial charge on any atom is -0.507 e. The van der Waals surface area contributed by atoms with Gasteiger partial charge in [0.2, 0.25) is 0 Å². The molecular weight excluding hydrogens is 480 g/mol. The Bertz CT molecular complexity index is 1120. The van der Waals surface area contributed by atoms with Gasteiger partial charge in [-0.25, -0.2) is 0 Å². The molecule has 1 atom stereocenters. The zero-order chi connectivity index (χ0) is 27.7. The van der Waals surface area contributed by atoms with Crippen LogP contribution in [0.15, 0.2) is 48.0 Å². The summed E-state index contributed by atoms with van der Waals surface area (Å²) in [4.78, 5) is 30.5. The summed E-state index contributed by atoms with van der Waals surface area (Å²) in [5, 5.41) is 11.5. The number of Topliss-reactive ketones (excluding diaryl/α,β-unsaturated/α-hetero) is 1. The molecule has 1 amide bonds. The number of hydrogen-bond acceptors (Lipinski definition) is 6. The Morgan fingerprint density at radius 3 is 2.18 bits per heavy atom. The highest BCUT2D eigenvalue weighted by Gasteiger charge is 2.46. The summed E-state index contributed by atoms with van der Waals surface area (Å²) in [7, 11) is 0. The average Bonchev–Trinajstić information content (AvgIpc) is 3.17. The summed E-state index contributed by atoms with van der Waals surface area (Å²) in [6.45, 7) is 14.1. The van der Waals surface area contributed by atoms with Gasteiger partial charge < -0.3 is 24.4 Å². The molecule has 206 valence electrons. The number of aliphatic hydroxyl groups excluding tert-OH is 1. The van der Waals surface area contributed by atoms with E-state index in [9.17, 15) is 14.7 Å². The fraction of sp³-hybridized carbons (Fsp3) is 0.484. The van der Waals surface area contributed by atoms with E-state index in [4.69, 9.17) is 9.47 Å². The highest BCUT2D eigenvalue weighted by Crippen LogP contribution is 2.40. The number of aliphatic hydroxyl groups is 1. The first kappa shape index (κ1) is 29.2. The zero-order valence-corrected chi connectivity index (χ0v) is 23.5. The van der Waals surface area contributed by atoms with E-state index in [0.717, 1.165) is 49.2 Å². The van der Waals surface area contributed by atoms with Crippen LogP contribution in [0.3, 0.4) is 0 Å². The van der Waals surface area contributed by atoms with E-state index in [2.05, 4.69) is 25.7 Å². The van der Waals surface area contributed by atoms with Crippen molar-refractivity contribution < 1.29 is 24.2 Å². The van der Waals surface area contributed by atoms with Gasteiger partial charge in [-0.05, 0) is 74.3 Å². The summed E-state index contributed by atoms with van der Waals surface area (Å²) in [6.07, 6.45) is 2.90. The standard InChI is InChI=1S/C31H42N2O5/c1-6-10-20-38-25-15-16-26(22(5)21-25)29(34)27-28(23-11-13-24(14-12-23)37-19-7-2)33(31(36)30(27)35)18-17-32(8-3)9-4/h11-16,21,28,34H,6-10,17-20H2,1-5H3. The van der Waals surface area contributed by atoms with E-state index in [1.165, 1.54) is 0 Å². The summed E-state index contributed by atoms with van der Waals surface area (Å²) in [6, 6.07) is 12.2. The molecule has 0 saturated carbocycles. The van der Waals surface area contributed by atoms with Crippen LogP contribution < -0.4 is 9.47 Å². The van der Waals surface area contributed by atoms with Crippen LogP contribution in [0, 0.1) is 6.92 Å². The fourth-order valence-corrected chi connectivity index (χ4v) is 4.68. The predicted octanol–water partition coefficient (Wildman–Crippen LogP) is 5.73. The number of carbonyl (C=O) groups is 2. The van der Waals surface area contributed by atoms with Gasteiger partial charge in [-0.1, -0.05) is 46.2 Å². The van der Waals surface area contributed by atoms with Gasteiger partial charge >= 0.3 is 0 Å². The summed E-state index contributed by atoms with van der Waals surface area (Å²) in [5.74, 6) is 0.0208. The number of ketones is 1. The topological polar surface area (TPSA) is 79.3 Å². The van der Waals surface area contributed by atoms with Gasteiger partial charge in [0.25, 0.3) is 11.7 Å². The third-order valence-electron chi connectivity index (χ3n) is 6.98. The molecule has 7 nitrogen and oxygen atoms in total. The van der Waals surface area contributed by atoms with Crippen LogP contribution in [-0.4, -0.2) is 66.0 Å². The third kappa shape index (κ3) is 6.76. The molecule has 1 heterocycles. The molecule has 0 aliphatic carbocycles. The van der Waals surface area contributed by atoms with E-state index in [1.54, 1.807) is 17.0 Å². The minimum absolute atomic E-state index is 0.111. The number of likely N-dealkylation sites (tertiary alicyclic amines) is 1. The highest BCUT2D eigenvalue weighted by molar-refractivity contribution is 6.46. The second-order valence-electron chi connectivity index (χ2n) is 9.62. The molecule has 0 radical (unpaired) electrons. The number of aryl methyl sites for hydroxylation is 1. The second kappa shape index (κ2) is 14.0. The molecule has 0 spiro atoms. The third-order valence-corrected chi connectivity index (χ3v) is 6.98. The molecule has 2 aromatic rings. The number of ether oxygens (including phenoxy) is 2. The van der Waals surface area contributed by atoms with Gasteiger partial charge in [0, 0.05) is 18.7 Å². The normalized spacial score (nSPS) is 16.9. The van der Waals surface area contributed by atoms with Crippen LogP contribution in [0.25, 0.3) is 5.76 Å². The maximum absolute atomic E-state index is 13.4. The molecule has 7 heteroatoms. The van der Waals surface area contributed by atoms with E-state index >= 15 is 0 Å². The highest BCUT2D eigenvalue weighted by atomic mass is 16.5. The van der Waals surface area contributed by atoms with Crippen molar-refractivity contribution in [3.63, 3.8) is 0 Å². The molecule has 3 rings (SSSR count). The minimum atomic E-state index is -0.689. The summed E-state index contributed by atoms with van der Waals surface area (Å²) >= 11 is 0. The lowest BCUT2D eigenvalue weighted by atomic mass is 9.94. The lowest BCUT2D eigenvalue weighted by Crippen LogP contribution is -2.38. The van der Waals surface area contributed by atoms with Crippen LogP contribution in [0.5, 0.6) is 11.5 Å². The van der Waals surface area contributed by atoms with Crippen LogP contribution in [0.2, 0.25) is 0 Å². The molecule has 1 N–H and O–H groups in total. The largest absolute Gasteiger partial charge is 0.507 e. The van der Waals surface area contributed by atoms with Gasteiger partial charge in [-0.3, -0.25) is 9.59 Å². The predicted molar refractivity (Wildman–Crippen MR) is 151 cm³/mol.